The van der Waals surface area contributed by atoms with Gasteiger partial charge in [0.15, 0.2) is 0 Å². The van der Waals surface area contributed by atoms with Gasteiger partial charge in [-0.2, -0.15) is 0 Å². The molecule has 1 atom stereocenters. The van der Waals surface area contributed by atoms with E-state index in [0.29, 0.717) is 29.3 Å². The highest BCUT2D eigenvalue weighted by molar-refractivity contribution is 7.99. The summed E-state index contributed by atoms with van der Waals surface area (Å²) < 4.78 is 5.65. The van der Waals surface area contributed by atoms with Gasteiger partial charge in [0, 0.05) is 12.6 Å². The second-order valence-electron chi connectivity index (χ2n) is 6.06. The molecule has 2 aromatic rings. The van der Waals surface area contributed by atoms with Crippen LogP contribution in [-0.4, -0.2) is 39.3 Å². The van der Waals surface area contributed by atoms with E-state index in [0.717, 1.165) is 31.4 Å². The van der Waals surface area contributed by atoms with Crippen LogP contribution in [0.1, 0.15) is 44.1 Å². The molecular weight excluding hydrogens is 322 g/mol. The van der Waals surface area contributed by atoms with Crippen molar-refractivity contribution >= 4 is 17.7 Å². The van der Waals surface area contributed by atoms with Crippen LogP contribution in [-0.2, 0) is 11.2 Å². The number of hydrogen-bond donors (Lipinski definition) is 0. The molecule has 1 fully saturated rings. The first kappa shape index (κ1) is 17.0. The van der Waals surface area contributed by atoms with Gasteiger partial charge in [0.1, 0.15) is 0 Å². The number of thioether (sulfide) groups is 1. The van der Waals surface area contributed by atoms with Crippen LogP contribution in [0.15, 0.2) is 40.0 Å². The molecule has 0 radical (unpaired) electrons. The smallest absolute Gasteiger partial charge is 0.277 e. The lowest BCUT2D eigenvalue weighted by molar-refractivity contribution is -0.132. The number of aromatic nitrogens is 2. The van der Waals surface area contributed by atoms with Gasteiger partial charge < -0.3 is 9.32 Å². The molecule has 2 heterocycles. The van der Waals surface area contributed by atoms with Gasteiger partial charge in [-0.25, -0.2) is 0 Å². The van der Waals surface area contributed by atoms with Crippen LogP contribution in [0.2, 0.25) is 0 Å². The molecule has 24 heavy (non-hydrogen) atoms. The van der Waals surface area contributed by atoms with E-state index in [1.54, 1.807) is 0 Å². The lowest BCUT2D eigenvalue weighted by Crippen LogP contribution is -2.44. The van der Waals surface area contributed by atoms with Crippen molar-refractivity contribution in [1.29, 1.82) is 0 Å². The zero-order valence-corrected chi connectivity index (χ0v) is 14.8. The van der Waals surface area contributed by atoms with Gasteiger partial charge in [-0.15, -0.1) is 10.2 Å². The first-order valence-electron chi connectivity index (χ1n) is 8.55. The third-order valence-corrected chi connectivity index (χ3v) is 5.19. The van der Waals surface area contributed by atoms with Crippen LogP contribution in [0.25, 0.3) is 0 Å². The number of piperidine rings is 1. The second kappa shape index (κ2) is 8.33. The van der Waals surface area contributed by atoms with E-state index < -0.39 is 0 Å². The van der Waals surface area contributed by atoms with Crippen LogP contribution in [0.3, 0.4) is 0 Å². The molecule has 1 aliphatic rings. The third kappa shape index (κ3) is 4.38. The number of likely N-dealkylation sites (tertiary alicyclic amines) is 1. The molecule has 0 N–H and O–H groups in total. The van der Waals surface area contributed by atoms with E-state index in [1.807, 2.05) is 35.2 Å². The first-order valence-corrected chi connectivity index (χ1v) is 9.53. The number of carbonyl (C=O) groups excluding carboxylic acids is 1. The molecule has 1 aromatic heterocycles. The monoisotopic (exact) mass is 345 g/mol. The summed E-state index contributed by atoms with van der Waals surface area (Å²) in [5.74, 6) is 1.12. The molecule has 128 valence electrons. The Hall–Kier alpha value is -1.82. The quantitative estimate of drug-likeness (QED) is 0.750. The zero-order chi connectivity index (χ0) is 16.8. The van der Waals surface area contributed by atoms with Crippen molar-refractivity contribution in [2.24, 2.45) is 0 Å². The topological polar surface area (TPSA) is 59.2 Å². The fraction of sp³-hybridized carbons (Fsp3) is 0.500. The lowest BCUT2D eigenvalue weighted by Gasteiger charge is -2.35. The van der Waals surface area contributed by atoms with Crippen molar-refractivity contribution in [1.82, 2.24) is 15.1 Å². The van der Waals surface area contributed by atoms with E-state index in [-0.39, 0.29) is 5.91 Å². The van der Waals surface area contributed by atoms with Gasteiger partial charge in [-0.05, 0) is 31.2 Å². The van der Waals surface area contributed by atoms with Crippen molar-refractivity contribution in [2.45, 2.75) is 50.3 Å². The minimum Gasteiger partial charge on any atom is -0.416 e. The molecule has 1 amide bonds. The highest BCUT2D eigenvalue weighted by atomic mass is 32.2. The van der Waals surface area contributed by atoms with Crippen LogP contribution < -0.4 is 0 Å². The Morgan fingerprint density at radius 1 is 1.29 bits per heavy atom. The molecule has 1 aromatic carbocycles. The van der Waals surface area contributed by atoms with Gasteiger partial charge >= 0.3 is 0 Å². The minimum atomic E-state index is 0.175. The molecule has 3 rings (SSSR count). The molecule has 0 aliphatic carbocycles. The predicted octanol–water partition coefficient (Wildman–Crippen LogP) is 3.54. The summed E-state index contributed by atoms with van der Waals surface area (Å²) in [5.41, 5.74) is 1.13. The van der Waals surface area contributed by atoms with Gasteiger partial charge in [0.25, 0.3) is 5.22 Å². The molecule has 5 nitrogen and oxygen atoms in total. The minimum absolute atomic E-state index is 0.175. The highest BCUT2D eigenvalue weighted by Gasteiger charge is 2.25. The summed E-state index contributed by atoms with van der Waals surface area (Å²) in [7, 11) is 0. The summed E-state index contributed by atoms with van der Waals surface area (Å²) in [4.78, 5) is 14.5. The summed E-state index contributed by atoms with van der Waals surface area (Å²) in [6.45, 7) is 3.03. The number of hydrogen-bond acceptors (Lipinski definition) is 5. The Morgan fingerprint density at radius 2 is 2.12 bits per heavy atom. The Bertz CT molecular complexity index is 659. The van der Waals surface area contributed by atoms with Crippen molar-refractivity contribution in [2.75, 3.05) is 12.3 Å². The Morgan fingerprint density at radius 3 is 2.92 bits per heavy atom. The fourth-order valence-electron chi connectivity index (χ4n) is 3.10. The standard InChI is InChI=1S/C18H23N3O2S/c1-2-15-10-6-7-11-21(15)17(22)13-24-18-20-19-16(23-18)12-14-8-4-3-5-9-14/h3-5,8-9,15H,2,6-7,10-13H2,1H3. The van der Waals surface area contributed by atoms with Crippen molar-refractivity contribution in [3.63, 3.8) is 0 Å². The Balaban J connectivity index is 1.52. The number of carbonyl (C=O) groups is 1. The Kier molecular flexibility index (Phi) is 5.91. The summed E-state index contributed by atoms with van der Waals surface area (Å²) in [5, 5.41) is 8.59. The van der Waals surface area contributed by atoms with Crippen molar-refractivity contribution < 1.29 is 9.21 Å². The molecule has 0 bridgehead atoms. The molecule has 6 heteroatoms. The fourth-order valence-corrected chi connectivity index (χ4v) is 3.76. The van der Waals surface area contributed by atoms with Gasteiger partial charge in [-0.1, -0.05) is 49.0 Å². The van der Waals surface area contributed by atoms with E-state index >= 15 is 0 Å². The van der Waals surface area contributed by atoms with Crippen molar-refractivity contribution in [3.05, 3.63) is 41.8 Å². The van der Waals surface area contributed by atoms with E-state index in [9.17, 15) is 4.79 Å². The summed E-state index contributed by atoms with van der Waals surface area (Å²) in [6.07, 6.45) is 5.09. The van der Waals surface area contributed by atoms with E-state index in [2.05, 4.69) is 17.1 Å². The normalized spacial score (nSPS) is 17.9. The van der Waals surface area contributed by atoms with Crippen molar-refractivity contribution in [3.8, 4) is 0 Å². The average Bonchev–Trinajstić information content (AvgIpc) is 3.08. The van der Waals surface area contributed by atoms with Crippen LogP contribution in [0, 0.1) is 0 Å². The Labute approximate surface area is 146 Å². The van der Waals surface area contributed by atoms with E-state index in [1.165, 1.54) is 18.2 Å². The largest absolute Gasteiger partial charge is 0.416 e. The molecule has 1 aliphatic heterocycles. The number of rotatable bonds is 6. The third-order valence-electron chi connectivity index (χ3n) is 4.38. The van der Waals surface area contributed by atoms with Crippen LogP contribution in [0.5, 0.6) is 0 Å². The first-order chi connectivity index (χ1) is 11.8. The number of benzene rings is 1. The lowest BCUT2D eigenvalue weighted by atomic mass is 10.0. The van der Waals surface area contributed by atoms with E-state index in [4.69, 9.17) is 4.42 Å². The average molecular weight is 345 g/mol. The maximum absolute atomic E-state index is 12.5. The van der Waals surface area contributed by atoms with Gasteiger partial charge in [0.05, 0.1) is 12.2 Å². The van der Waals surface area contributed by atoms with Crippen LogP contribution in [0.4, 0.5) is 0 Å². The maximum Gasteiger partial charge on any atom is 0.277 e. The number of amides is 1. The maximum atomic E-state index is 12.5. The SMILES string of the molecule is CCC1CCCCN1C(=O)CSc1nnc(Cc2ccccc2)o1. The highest BCUT2D eigenvalue weighted by Crippen LogP contribution is 2.23. The predicted molar refractivity (Wildman–Crippen MR) is 93.9 cm³/mol. The zero-order valence-electron chi connectivity index (χ0n) is 14.0. The summed E-state index contributed by atoms with van der Waals surface area (Å²) in [6, 6.07) is 10.4. The molecule has 0 saturated carbocycles. The molecule has 1 unspecified atom stereocenters. The van der Waals surface area contributed by atoms with Crippen LogP contribution >= 0.6 is 11.8 Å². The number of nitrogens with zero attached hydrogens (tertiary/aromatic N) is 3. The van der Waals surface area contributed by atoms with Gasteiger partial charge in [0.2, 0.25) is 11.8 Å². The van der Waals surface area contributed by atoms with Gasteiger partial charge in [-0.3, -0.25) is 4.79 Å². The molecule has 1 saturated heterocycles. The second-order valence-corrected chi connectivity index (χ2v) is 6.98. The summed E-state index contributed by atoms with van der Waals surface area (Å²) >= 11 is 1.33. The molecular formula is C18H23N3O2S. The molecule has 0 spiro atoms.